The van der Waals surface area contributed by atoms with Crippen LogP contribution in [0.25, 0.3) is 98.5 Å². The van der Waals surface area contributed by atoms with Gasteiger partial charge in [-0.05, 0) is 46.5 Å². The summed E-state index contributed by atoms with van der Waals surface area (Å²) in [6.45, 7) is 0. The molecule has 0 N–H and O–H groups in total. The molecule has 7 aromatic carbocycles. The van der Waals surface area contributed by atoms with Crippen molar-refractivity contribution < 1.29 is 4.42 Å². The van der Waals surface area contributed by atoms with Gasteiger partial charge in [0.2, 0.25) is 0 Å². The zero-order valence-electron chi connectivity index (χ0n) is 26.7. The molecule has 0 unspecified atom stereocenters. The van der Waals surface area contributed by atoms with E-state index in [9.17, 15) is 0 Å². The van der Waals surface area contributed by atoms with Crippen LogP contribution in [0.4, 0.5) is 0 Å². The van der Waals surface area contributed by atoms with Crippen LogP contribution in [0.2, 0.25) is 0 Å². The summed E-state index contributed by atoms with van der Waals surface area (Å²) in [6.07, 6.45) is 0. The van der Waals surface area contributed by atoms with Gasteiger partial charge in [0.25, 0.3) is 0 Å². The third kappa shape index (κ3) is 4.71. The standard InChI is InChI=1S/C45H27N3OS/c1-3-12-28(13-4-1)29-24-26-30(27-25-29)32-17-11-22-38-40(32)35-19-10-20-36(41(35)49-38)44-46-43(31-14-5-2-6-15-31)47-45(48-44)37-21-9-18-34-33-16-7-8-23-39(33)50-42(34)37/h1-27H. The Hall–Kier alpha value is -6.43. The van der Waals surface area contributed by atoms with Crippen LogP contribution >= 0.6 is 11.3 Å². The van der Waals surface area contributed by atoms with Crippen LogP contribution in [0.15, 0.2) is 168 Å². The molecule has 0 aliphatic rings. The first-order valence-corrected chi connectivity index (χ1v) is 17.4. The number of aromatic nitrogens is 3. The molecule has 0 amide bonds. The summed E-state index contributed by atoms with van der Waals surface area (Å²) in [6, 6.07) is 56.8. The Kier molecular flexibility index (Phi) is 6.64. The highest BCUT2D eigenvalue weighted by Gasteiger charge is 2.21. The van der Waals surface area contributed by atoms with Crippen molar-refractivity contribution >= 4 is 53.4 Å². The zero-order chi connectivity index (χ0) is 33.0. The van der Waals surface area contributed by atoms with Crippen LogP contribution in [0.1, 0.15) is 0 Å². The molecular formula is C45H27N3OS. The number of furan rings is 1. The Morgan fingerprint density at radius 2 is 0.940 bits per heavy atom. The number of nitrogens with zero attached hydrogens (tertiary/aromatic N) is 3. The predicted octanol–water partition coefficient (Wildman–Crippen LogP) is 12.5. The predicted molar refractivity (Wildman–Crippen MR) is 207 cm³/mol. The maximum Gasteiger partial charge on any atom is 0.167 e. The molecule has 10 aromatic rings. The highest BCUT2D eigenvalue weighted by molar-refractivity contribution is 7.26. The van der Waals surface area contributed by atoms with E-state index in [1.165, 1.54) is 26.6 Å². The van der Waals surface area contributed by atoms with Crippen LogP contribution in [-0.2, 0) is 0 Å². The monoisotopic (exact) mass is 657 g/mol. The van der Waals surface area contributed by atoms with Crippen LogP contribution in [0.5, 0.6) is 0 Å². The van der Waals surface area contributed by atoms with Gasteiger partial charge in [-0.2, -0.15) is 0 Å². The van der Waals surface area contributed by atoms with Crippen LogP contribution < -0.4 is 0 Å². The van der Waals surface area contributed by atoms with E-state index in [0.717, 1.165) is 54.5 Å². The van der Waals surface area contributed by atoms with E-state index in [2.05, 4.69) is 115 Å². The van der Waals surface area contributed by atoms with Gasteiger partial charge >= 0.3 is 0 Å². The first kappa shape index (κ1) is 28.6. The normalized spacial score (nSPS) is 11.6. The molecule has 0 radical (unpaired) electrons. The van der Waals surface area contributed by atoms with Crippen molar-refractivity contribution in [1.82, 2.24) is 15.0 Å². The van der Waals surface area contributed by atoms with Gasteiger partial charge < -0.3 is 4.42 Å². The molecule has 0 bridgehead atoms. The SMILES string of the molecule is c1ccc(-c2ccc(-c3cccc4oc5c(-c6nc(-c7ccccc7)nc(-c7cccc8c7sc7ccccc78)n6)cccc5c34)cc2)cc1. The van der Waals surface area contributed by atoms with Crippen molar-refractivity contribution in [2.75, 3.05) is 0 Å². The summed E-state index contributed by atoms with van der Waals surface area (Å²) in [4.78, 5) is 15.3. The minimum Gasteiger partial charge on any atom is -0.455 e. The minimum atomic E-state index is 0.574. The lowest BCUT2D eigenvalue weighted by molar-refractivity contribution is 0.669. The van der Waals surface area contributed by atoms with E-state index in [4.69, 9.17) is 19.4 Å². The van der Waals surface area contributed by atoms with E-state index < -0.39 is 0 Å². The lowest BCUT2D eigenvalue weighted by Crippen LogP contribution is -2.00. The molecule has 0 atom stereocenters. The fourth-order valence-corrected chi connectivity index (χ4v) is 8.21. The largest absolute Gasteiger partial charge is 0.455 e. The van der Waals surface area contributed by atoms with Crippen LogP contribution in [0, 0.1) is 0 Å². The summed E-state index contributed by atoms with van der Waals surface area (Å²) in [5.41, 5.74) is 8.97. The van der Waals surface area contributed by atoms with Crippen molar-refractivity contribution in [3.8, 4) is 56.4 Å². The molecule has 0 aliphatic heterocycles. The van der Waals surface area contributed by atoms with Crippen LogP contribution in [0.3, 0.4) is 0 Å². The van der Waals surface area contributed by atoms with Gasteiger partial charge in [-0.1, -0.05) is 140 Å². The smallest absolute Gasteiger partial charge is 0.167 e. The van der Waals surface area contributed by atoms with E-state index in [0.29, 0.717) is 17.5 Å². The number of para-hydroxylation sites is 1. The quantitative estimate of drug-likeness (QED) is 0.185. The van der Waals surface area contributed by atoms with E-state index in [1.807, 2.05) is 48.5 Å². The lowest BCUT2D eigenvalue weighted by atomic mass is 9.96. The second kappa shape index (κ2) is 11.6. The van der Waals surface area contributed by atoms with Crippen molar-refractivity contribution in [2.45, 2.75) is 0 Å². The Bertz CT molecular complexity index is 2860. The van der Waals surface area contributed by atoms with E-state index in [1.54, 1.807) is 11.3 Å². The molecule has 0 saturated carbocycles. The molecule has 0 fully saturated rings. The highest BCUT2D eigenvalue weighted by atomic mass is 32.1. The Balaban J connectivity index is 1.17. The molecule has 0 spiro atoms. The zero-order valence-corrected chi connectivity index (χ0v) is 27.6. The summed E-state index contributed by atoms with van der Waals surface area (Å²) >= 11 is 1.77. The number of thiophene rings is 1. The number of hydrogen-bond acceptors (Lipinski definition) is 5. The van der Waals surface area contributed by atoms with Crippen molar-refractivity contribution in [3.05, 3.63) is 164 Å². The average molecular weight is 658 g/mol. The maximum atomic E-state index is 6.70. The molecule has 0 aliphatic carbocycles. The summed E-state index contributed by atoms with van der Waals surface area (Å²) < 4.78 is 9.10. The Morgan fingerprint density at radius 3 is 1.74 bits per heavy atom. The molecule has 10 rings (SSSR count). The summed E-state index contributed by atoms with van der Waals surface area (Å²) in [5.74, 6) is 1.83. The molecule has 3 heterocycles. The highest BCUT2D eigenvalue weighted by Crippen LogP contribution is 2.42. The molecule has 50 heavy (non-hydrogen) atoms. The second-order valence-corrected chi connectivity index (χ2v) is 13.4. The van der Waals surface area contributed by atoms with Gasteiger partial charge in [0, 0.05) is 42.1 Å². The number of fused-ring (bicyclic) bond motifs is 6. The average Bonchev–Trinajstić information content (AvgIpc) is 3.77. The fourth-order valence-electron chi connectivity index (χ4n) is 6.99. The van der Waals surface area contributed by atoms with Crippen molar-refractivity contribution in [1.29, 1.82) is 0 Å². The molecule has 5 heteroatoms. The van der Waals surface area contributed by atoms with Gasteiger partial charge in [0.1, 0.15) is 11.2 Å². The van der Waals surface area contributed by atoms with Gasteiger partial charge in [-0.25, -0.2) is 15.0 Å². The fraction of sp³-hybridized carbons (Fsp3) is 0. The van der Waals surface area contributed by atoms with Crippen LogP contribution in [-0.4, -0.2) is 15.0 Å². The van der Waals surface area contributed by atoms with E-state index in [-0.39, 0.29) is 0 Å². The molecule has 3 aromatic heterocycles. The first-order valence-electron chi connectivity index (χ1n) is 16.6. The Morgan fingerprint density at radius 1 is 0.380 bits per heavy atom. The van der Waals surface area contributed by atoms with Gasteiger partial charge in [0.05, 0.1) is 5.56 Å². The van der Waals surface area contributed by atoms with Gasteiger partial charge in [0.15, 0.2) is 17.5 Å². The van der Waals surface area contributed by atoms with Gasteiger partial charge in [-0.3, -0.25) is 0 Å². The third-order valence-corrected chi connectivity index (χ3v) is 10.6. The number of benzene rings is 7. The third-order valence-electron chi connectivity index (χ3n) is 9.38. The number of rotatable bonds is 5. The number of hydrogen-bond donors (Lipinski definition) is 0. The van der Waals surface area contributed by atoms with Crippen molar-refractivity contribution in [2.24, 2.45) is 0 Å². The molecule has 4 nitrogen and oxygen atoms in total. The minimum absolute atomic E-state index is 0.574. The van der Waals surface area contributed by atoms with Gasteiger partial charge in [-0.15, -0.1) is 11.3 Å². The Labute approximate surface area is 292 Å². The molecular weight excluding hydrogens is 631 g/mol. The maximum absolute atomic E-state index is 6.70. The second-order valence-electron chi connectivity index (χ2n) is 12.4. The van der Waals surface area contributed by atoms with E-state index >= 15 is 0 Å². The summed E-state index contributed by atoms with van der Waals surface area (Å²) in [5, 5.41) is 4.54. The van der Waals surface area contributed by atoms with Crippen molar-refractivity contribution in [3.63, 3.8) is 0 Å². The lowest BCUT2D eigenvalue weighted by Gasteiger charge is -2.09. The summed E-state index contributed by atoms with van der Waals surface area (Å²) in [7, 11) is 0. The molecule has 0 saturated heterocycles. The first-order chi connectivity index (χ1) is 24.8. The molecule has 234 valence electrons. The topological polar surface area (TPSA) is 51.8 Å².